The molecule has 11 nitrogen and oxygen atoms in total. The first-order valence-electron chi connectivity index (χ1n) is 10.1. The Bertz CT molecular complexity index is 1340. The molecule has 34 heavy (non-hydrogen) atoms. The van der Waals surface area contributed by atoms with Crippen molar-refractivity contribution in [2.75, 3.05) is 18.5 Å². The minimum absolute atomic E-state index is 0.0121. The third-order valence-electron chi connectivity index (χ3n) is 5.24. The highest BCUT2D eigenvalue weighted by atomic mass is 16.3. The maximum absolute atomic E-state index is 12.9. The van der Waals surface area contributed by atoms with E-state index in [-0.39, 0.29) is 46.7 Å². The predicted octanol–water partition coefficient (Wildman–Crippen LogP) is 0.714. The van der Waals surface area contributed by atoms with E-state index in [1.54, 1.807) is 0 Å². The van der Waals surface area contributed by atoms with Gasteiger partial charge in [-0.25, -0.2) is 10.8 Å². The number of nitrogen functional groups attached to an aromatic ring is 1. The van der Waals surface area contributed by atoms with E-state index in [0.29, 0.717) is 11.4 Å². The van der Waals surface area contributed by atoms with Gasteiger partial charge in [-0.2, -0.15) is 0 Å². The molecule has 7 N–H and O–H groups in total. The maximum Gasteiger partial charge on any atom is 0.252 e. The Morgan fingerprint density at radius 1 is 0.824 bits per heavy atom. The van der Waals surface area contributed by atoms with Crippen molar-refractivity contribution in [3.8, 4) is 11.5 Å². The quantitative estimate of drug-likeness (QED) is 0.137. The summed E-state index contributed by atoms with van der Waals surface area (Å²) in [5, 5.41) is 25.6. The topological polar surface area (TPSA) is 184 Å². The van der Waals surface area contributed by atoms with Crippen LogP contribution >= 0.6 is 0 Å². The van der Waals surface area contributed by atoms with Gasteiger partial charge in [0, 0.05) is 36.0 Å². The highest BCUT2D eigenvalue weighted by Crippen LogP contribution is 2.37. The largest absolute Gasteiger partial charge is 0.507 e. The number of nitrogens with zero attached hydrogens (tertiary/aromatic N) is 1. The molecule has 0 radical (unpaired) electrons. The number of fused-ring (bicyclic) bond motifs is 2. The number of rotatable bonds is 6. The number of nitrogens with one attached hydrogen (secondary N) is 3. The number of hydrazine groups is 1. The van der Waals surface area contributed by atoms with Crippen molar-refractivity contribution in [3.05, 3.63) is 82.0 Å². The number of aromatic nitrogens is 1. The number of nitrogens with two attached hydrogens (primary N) is 1. The molecule has 4 rings (SSSR count). The molecule has 1 aromatic heterocycles. The monoisotopic (exact) mass is 461 g/mol. The first-order valence-corrected chi connectivity index (χ1v) is 10.1. The number of phenolic OH excluding ortho intramolecular Hbond substituents is 2. The number of benzene rings is 2. The molecule has 1 aliphatic rings. The van der Waals surface area contributed by atoms with Gasteiger partial charge in [-0.3, -0.25) is 19.2 Å². The van der Waals surface area contributed by atoms with Crippen LogP contribution in [0, 0.1) is 0 Å². The fourth-order valence-electron chi connectivity index (χ4n) is 3.58. The van der Waals surface area contributed by atoms with Crippen molar-refractivity contribution in [1.82, 2.24) is 15.6 Å². The second-order valence-corrected chi connectivity index (χ2v) is 7.36. The highest BCUT2D eigenvalue weighted by Gasteiger charge is 2.34. The molecule has 0 bridgehead atoms. The third-order valence-corrected chi connectivity index (χ3v) is 5.24. The van der Waals surface area contributed by atoms with Crippen LogP contribution in [0.25, 0.3) is 0 Å². The van der Waals surface area contributed by atoms with E-state index in [2.05, 4.69) is 21.0 Å². The minimum Gasteiger partial charge on any atom is -0.507 e. The number of carbonyl (C=O) groups excluding carboxylic acids is 4. The van der Waals surface area contributed by atoms with E-state index >= 15 is 0 Å². The van der Waals surface area contributed by atoms with Gasteiger partial charge in [-0.15, -0.1) is 0 Å². The summed E-state index contributed by atoms with van der Waals surface area (Å²) >= 11 is 0. The zero-order valence-electron chi connectivity index (χ0n) is 17.6. The molecule has 0 spiro atoms. The van der Waals surface area contributed by atoms with Crippen LogP contribution in [-0.2, 0) is 0 Å². The average molecular weight is 461 g/mol. The molecule has 0 fully saturated rings. The second-order valence-electron chi connectivity index (χ2n) is 7.36. The maximum atomic E-state index is 12.9. The lowest BCUT2D eigenvalue weighted by Gasteiger charge is -2.20. The minimum atomic E-state index is -0.709. The summed E-state index contributed by atoms with van der Waals surface area (Å²) in [7, 11) is 0. The average Bonchev–Trinajstić information content (AvgIpc) is 2.84. The second kappa shape index (κ2) is 9.00. The van der Waals surface area contributed by atoms with E-state index in [4.69, 9.17) is 5.84 Å². The Kier molecular flexibility index (Phi) is 5.94. The molecule has 0 aliphatic heterocycles. The van der Waals surface area contributed by atoms with Gasteiger partial charge < -0.3 is 26.3 Å². The molecular formula is C23H19N5O6. The number of carbonyl (C=O) groups is 4. The zero-order valence-corrected chi connectivity index (χ0v) is 17.6. The Balaban J connectivity index is 1.43. The van der Waals surface area contributed by atoms with Gasteiger partial charge >= 0.3 is 0 Å². The van der Waals surface area contributed by atoms with Gasteiger partial charge in [0.1, 0.15) is 17.3 Å². The Morgan fingerprint density at radius 2 is 1.50 bits per heavy atom. The summed E-state index contributed by atoms with van der Waals surface area (Å²) in [5.41, 5.74) is 2.01. The van der Waals surface area contributed by atoms with Gasteiger partial charge in [0.05, 0.1) is 16.7 Å². The summed E-state index contributed by atoms with van der Waals surface area (Å²) in [4.78, 5) is 54.3. The molecule has 1 heterocycles. The summed E-state index contributed by atoms with van der Waals surface area (Å²) < 4.78 is 0. The normalized spacial score (nSPS) is 11.9. The number of hydrogen-bond donors (Lipinski definition) is 6. The molecule has 3 aromatic rings. The van der Waals surface area contributed by atoms with Crippen LogP contribution in [-0.4, -0.2) is 51.7 Å². The Hall–Kier alpha value is -4.77. The first-order chi connectivity index (χ1) is 16.3. The standard InChI is InChI=1S/C23H19N5O6/c24-28-17-5-4-11(10-27-17)22(33)25-6-7-26-23(34)12-8-14-19(16(30)9-12)21(32)18-13(20(14)31)2-1-3-15(18)29/h1-5,8-10,29-30H,6-7,24H2,(H,25,33)(H,26,34)(H,27,28). The molecule has 2 aromatic carbocycles. The van der Waals surface area contributed by atoms with Crippen molar-refractivity contribution >= 4 is 29.2 Å². The lowest BCUT2D eigenvalue weighted by atomic mass is 9.82. The SMILES string of the molecule is NNc1ccc(C(=O)NCCNC(=O)c2cc(O)c3c(c2)C(=O)c2cccc(O)c2C3=O)cn1. The van der Waals surface area contributed by atoms with Gasteiger partial charge in [0.2, 0.25) is 5.78 Å². The van der Waals surface area contributed by atoms with E-state index in [9.17, 15) is 29.4 Å². The molecule has 1 aliphatic carbocycles. The van der Waals surface area contributed by atoms with Crippen LogP contribution in [0.3, 0.4) is 0 Å². The van der Waals surface area contributed by atoms with Gasteiger partial charge in [0.15, 0.2) is 5.78 Å². The van der Waals surface area contributed by atoms with Gasteiger partial charge in [0.25, 0.3) is 11.8 Å². The smallest absolute Gasteiger partial charge is 0.252 e. The zero-order chi connectivity index (χ0) is 24.4. The van der Waals surface area contributed by atoms with Crippen LogP contribution in [0.4, 0.5) is 5.82 Å². The number of anilines is 1. The molecule has 172 valence electrons. The summed E-state index contributed by atoms with van der Waals surface area (Å²) in [6, 6.07) is 9.44. The van der Waals surface area contributed by atoms with Crippen molar-refractivity contribution < 1.29 is 29.4 Å². The van der Waals surface area contributed by atoms with Crippen LogP contribution in [0.1, 0.15) is 52.6 Å². The molecule has 0 atom stereocenters. The van der Waals surface area contributed by atoms with Crippen molar-refractivity contribution in [2.45, 2.75) is 0 Å². The lowest BCUT2D eigenvalue weighted by Crippen LogP contribution is -2.35. The predicted molar refractivity (Wildman–Crippen MR) is 120 cm³/mol. The van der Waals surface area contributed by atoms with E-state index < -0.39 is 29.1 Å². The third kappa shape index (κ3) is 4.02. The summed E-state index contributed by atoms with van der Waals surface area (Å²) in [6.07, 6.45) is 1.34. The molecular weight excluding hydrogens is 442 g/mol. The number of aromatic hydroxyl groups is 2. The fraction of sp³-hybridized carbons (Fsp3) is 0.0870. The van der Waals surface area contributed by atoms with Crippen molar-refractivity contribution in [1.29, 1.82) is 0 Å². The molecule has 0 unspecified atom stereocenters. The fourth-order valence-corrected chi connectivity index (χ4v) is 3.58. The highest BCUT2D eigenvalue weighted by molar-refractivity contribution is 6.30. The van der Waals surface area contributed by atoms with Crippen LogP contribution < -0.4 is 21.9 Å². The number of pyridine rings is 1. The molecule has 0 saturated carbocycles. The molecule has 2 amide bonds. The van der Waals surface area contributed by atoms with E-state index in [0.717, 1.165) is 6.07 Å². The first kappa shape index (κ1) is 22.4. The number of phenols is 2. The summed E-state index contributed by atoms with van der Waals surface area (Å²) in [6.45, 7) is 0.157. The van der Waals surface area contributed by atoms with Crippen LogP contribution in [0.2, 0.25) is 0 Å². The summed E-state index contributed by atoms with van der Waals surface area (Å²) in [5.74, 6) is 2.39. The number of hydrogen-bond acceptors (Lipinski definition) is 9. The lowest BCUT2D eigenvalue weighted by molar-refractivity contribution is 0.0926. The molecule has 0 saturated heterocycles. The Morgan fingerprint density at radius 3 is 2.15 bits per heavy atom. The number of ketones is 2. The van der Waals surface area contributed by atoms with E-state index in [1.165, 1.54) is 42.6 Å². The van der Waals surface area contributed by atoms with Crippen LogP contribution in [0.5, 0.6) is 11.5 Å². The number of amides is 2. The van der Waals surface area contributed by atoms with Crippen molar-refractivity contribution in [2.24, 2.45) is 5.84 Å². The molecule has 11 heteroatoms. The Labute approximate surface area is 192 Å². The van der Waals surface area contributed by atoms with Gasteiger partial charge in [-0.1, -0.05) is 12.1 Å². The van der Waals surface area contributed by atoms with Crippen molar-refractivity contribution in [3.63, 3.8) is 0 Å². The van der Waals surface area contributed by atoms with Gasteiger partial charge in [-0.05, 0) is 30.3 Å². The van der Waals surface area contributed by atoms with E-state index in [1.807, 2.05) is 0 Å². The van der Waals surface area contributed by atoms with Crippen LogP contribution in [0.15, 0.2) is 48.7 Å².